The third-order valence-corrected chi connectivity index (χ3v) is 7.74. The van der Waals surface area contributed by atoms with Crippen LogP contribution in [-0.2, 0) is 24.7 Å². The highest BCUT2D eigenvalue weighted by atomic mass is 32.2. The van der Waals surface area contributed by atoms with Gasteiger partial charge in [-0.25, -0.2) is 0 Å². The Hall–Kier alpha value is -2.63. The second kappa shape index (κ2) is 9.67. The van der Waals surface area contributed by atoms with Crippen LogP contribution < -0.4 is 5.32 Å². The minimum atomic E-state index is -0.129. The van der Waals surface area contributed by atoms with E-state index in [0.717, 1.165) is 42.6 Å². The van der Waals surface area contributed by atoms with Gasteiger partial charge in [0.2, 0.25) is 5.91 Å². The van der Waals surface area contributed by atoms with Crippen molar-refractivity contribution >= 4 is 34.0 Å². The van der Waals surface area contributed by atoms with Gasteiger partial charge in [-0.2, -0.15) is 5.26 Å². The van der Waals surface area contributed by atoms with Crippen molar-refractivity contribution in [1.82, 2.24) is 14.8 Å². The van der Waals surface area contributed by atoms with Crippen LogP contribution in [0, 0.1) is 18.3 Å². The number of nitriles is 1. The molecule has 1 aromatic carbocycles. The quantitative estimate of drug-likeness (QED) is 0.545. The minimum Gasteiger partial charge on any atom is -0.316 e. The van der Waals surface area contributed by atoms with Crippen LogP contribution in [0.1, 0.15) is 47.3 Å². The minimum absolute atomic E-state index is 0.129. The summed E-state index contributed by atoms with van der Waals surface area (Å²) < 4.78 is 1.90. The summed E-state index contributed by atoms with van der Waals surface area (Å²) in [6, 6.07) is 10.5. The average Bonchev–Trinajstić information content (AvgIpc) is 3.26. The predicted molar refractivity (Wildman–Crippen MR) is 125 cm³/mol. The maximum Gasteiger partial charge on any atom is 0.235 e. The van der Waals surface area contributed by atoms with Gasteiger partial charge in [0.15, 0.2) is 11.0 Å². The second-order valence-corrected chi connectivity index (χ2v) is 9.85. The van der Waals surface area contributed by atoms with E-state index < -0.39 is 0 Å². The van der Waals surface area contributed by atoms with Gasteiger partial charge in [-0.1, -0.05) is 54.4 Å². The first-order valence-corrected chi connectivity index (χ1v) is 12.3. The van der Waals surface area contributed by atoms with Crippen LogP contribution in [0.2, 0.25) is 0 Å². The van der Waals surface area contributed by atoms with Crippen molar-refractivity contribution in [2.24, 2.45) is 7.05 Å². The summed E-state index contributed by atoms with van der Waals surface area (Å²) in [5, 5.41) is 22.6. The average molecular weight is 452 g/mol. The molecule has 160 valence electrons. The van der Waals surface area contributed by atoms with Crippen LogP contribution in [0.25, 0.3) is 11.4 Å². The molecule has 8 heteroatoms. The van der Waals surface area contributed by atoms with Crippen LogP contribution in [0.5, 0.6) is 0 Å². The summed E-state index contributed by atoms with van der Waals surface area (Å²) in [7, 11) is 1.91. The molecular formula is C23H25N5OS2. The zero-order valence-corrected chi connectivity index (χ0v) is 19.4. The molecule has 4 rings (SSSR count). The van der Waals surface area contributed by atoms with E-state index in [-0.39, 0.29) is 11.7 Å². The Labute approximate surface area is 190 Å². The van der Waals surface area contributed by atoms with Gasteiger partial charge in [0.25, 0.3) is 0 Å². The first-order chi connectivity index (χ1) is 15.1. The maximum absolute atomic E-state index is 12.6. The molecule has 0 aliphatic heterocycles. The lowest BCUT2D eigenvalue weighted by atomic mass is 9.97. The van der Waals surface area contributed by atoms with Crippen molar-refractivity contribution in [1.29, 1.82) is 5.26 Å². The number of rotatable bonds is 5. The molecule has 1 amide bonds. The number of amides is 1. The number of hydrogen-bond acceptors (Lipinski definition) is 6. The molecule has 0 saturated carbocycles. The molecule has 1 N–H and O–H groups in total. The smallest absolute Gasteiger partial charge is 0.235 e. The van der Waals surface area contributed by atoms with E-state index in [4.69, 9.17) is 0 Å². The van der Waals surface area contributed by atoms with Crippen molar-refractivity contribution in [3.63, 3.8) is 0 Å². The van der Waals surface area contributed by atoms with Gasteiger partial charge < -0.3 is 9.88 Å². The van der Waals surface area contributed by atoms with Gasteiger partial charge in [0.05, 0.1) is 11.3 Å². The van der Waals surface area contributed by atoms with E-state index in [0.29, 0.717) is 15.7 Å². The fourth-order valence-electron chi connectivity index (χ4n) is 3.81. The zero-order chi connectivity index (χ0) is 21.8. The maximum atomic E-state index is 12.6. The van der Waals surface area contributed by atoms with Gasteiger partial charge in [-0.3, -0.25) is 4.79 Å². The number of nitrogens with zero attached hydrogens (tertiary/aromatic N) is 4. The zero-order valence-electron chi connectivity index (χ0n) is 17.8. The molecule has 0 unspecified atom stereocenters. The number of benzene rings is 1. The largest absolute Gasteiger partial charge is 0.316 e. The number of thioether (sulfide) groups is 1. The van der Waals surface area contributed by atoms with Gasteiger partial charge in [0, 0.05) is 17.5 Å². The van der Waals surface area contributed by atoms with Crippen molar-refractivity contribution in [2.45, 2.75) is 50.6 Å². The Morgan fingerprint density at radius 2 is 1.94 bits per heavy atom. The number of hydrogen-bond donors (Lipinski definition) is 1. The molecule has 31 heavy (non-hydrogen) atoms. The summed E-state index contributed by atoms with van der Waals surface area (Å²) in [6.45, 7) is 2.05. The lowest BCUT2D eigenvalue weighted by molar-refractivity contribution is -0.113. The van der Waals surface area contributed by atoms with Crippen molar-refractivity contribution in [2.75, 3.05) is 11.1 Å². The summed E-state index contributed by atoms with van der Waals surface area (Å²) >= 11 is 2.91. The molecule has 1 aliphatic rings. The van der Waals surface area contributed by atoms with E-state index in [1.165, 1.54) is 35.0 Å². The lowest BCUT2D eigenvalue weighted by Gasteiger charge is -2.08. The molecule has 0 spiro atoms. The molecule has 6 nitrogen and oxygen atoms in total. The van der Waals surface area contributed by atoms with Gasteiger partial charge in [-0.15, -0.1) is 21.5 Å². The topological polar surface area (TPSA) is 83.6 Å². The van der Waals surface area contributed by atoms with E-state index >= 15 is 0 Å². The predicted octanol–water partition coefficient (Wildman–Crippen LogP) is 5.11. The van der Waals surface area contributed by atoms with Gasteiger partial charge in [-0.05, 0) is 38.2 Å². The molecular weight excluding hydrogens is 426 g/mol. The molecule has 2 aromatic heterocycles. The van der Waals surface area contributed by atoms with Crippen LogP contribution >= 0.6 is 23.1 Å². The molecule has 0 radical (unpaired) electrons. The summed E-state index contributed by atoms with van der Waals surface area (Å²) in [6.07, 6.45) is 6.63. The lowest BCUT2D eigenvalue weighted by Crippen LogP contribution is -2.14. The molecule has 0 bridgehead atoms. The first kappa shape index (κ1) is 21.6. The molecule has 2 heterocycles. The highest BCUT2D eigenvalue weighted by Gasteiger charge is 2.21. The SMILES string of the molecule is Cc1ccc(-c2nnc(SCC(=O)Nc3sc4c(c3C#N)CCCCCC4)n2C)cc1. The third kappa shape index (κ3) is 4.83. The Morgan fingerprint density at radius 1 is 1.19 bits per heavy atom. The molecule has 3 aromatic rings. The number of aryl methyl sites for hydroxylation is 2. The molecule has 0 atom stereocenters. The number of aromatic nitrogens is 3. The highest BCUT2D eigenvalue weighted by Crippen LogP contribution is 2.36. The number of thiophene rings is 1. The van der Waals surface area contributed by atoms with Crippen LogP contribution in [-0.4, -0.2) is 26.4 Å². The standard InChI is InChI=1S/C23H25N5OS2/c1-15-9-11-16(12-10-15)21-26-27-23(28(21)2)30-14-20(29)25-22-18(13-24)17-7-5-3-4-6-8-19(17)31-22/h9-12H,3-8,14H2,1-2H3,(H,25,29). The number of anilines is 1. The fourth-order valence-corrected chi connectivity index (χ4v) is 5.78. The molecule has 1 aliphatic carbocycles. The number of carbonyl (C=O) groups excluding carboxylic acids is 1. The van der Waals surface area contributed by atoms with Crippen LogP contribution in [0.15, 0.2) is 29.4 Å². The van der Waals surface area contributed by atoms with Crippen molar-refractivity contribution < 1.29 is 4.79 Å². The second-order valence-electron chi connectivity index (χ2n) is 7.80. The number of nitrogens with one attached hydrogen (secondary N) is 1. The highest BCUT2D eigenvalue weighted by molar-refractivity contribution is 7.99. The van der Waals surface area contributed by atoms with Crippen molar-refractivity contribution in [3.8, 4) is 17.5 Å². The summed E-state index contributed by atoms with van der Waals surface area (Å²) in [5.74, 6) is 0.858. The summed E-state index contributed by atoms with van der Waals surface area (Å²) in [5.41, 5.74) is 3.98. The Kier molecular flexibility index (Phi) is 6.73. The van der Waals surface area contributed by atoms with E-state index in [2.05, 4.69) is 21.6 Å². The van der Waals surface area contributed by atoms with Gasteiger partial charge in [0.1, 0.15) is 11.1 Å². The monoisotopic (exact) mass is 451 g/mol. The van der Waals surface area contributed by atoms with Gasteiger partial charge >= 0.3 is 0 Å². The Morgan fingerprint density at radius 3 is 2.68 bits per heavy atom. The van der Waals surface area contributed by atoms with Crippen LogP contribution in [0.4, 0.5) is 5.00 Å². The first-order valence-electron chi connectivity index (χ1n) is 10.5. The van der Waals surface area contributed by atoms with E-state index in [1.807, 2.05) is 42.8 Å². The summed E-state index contributed by atoms with van der Waals surface area (Å²) in [4.78, 5) is 13.9. The van der Waals surface area contributed by atoms with E-state index in [1.54, 1.807) is 11.3 Å². The fraction of sp³-hybridized carbons (Fsp3) is 0.391. The molecule has 0 saturated heterocycles. The van der Waals surface area contributed by atoms with Crippen molar-refractivity contribution in [3.05, 3.63) is 45.8 Å². The number of carbonyl (C=O) groups is 1. The van der Waals surface area contributed by atoms with Crippen LogP contribution in [0.3, 0.4) is 0 Å². The van der Waals surface area contributed by atoms with E-state index in [9.17, 15) is 10.1 Å². The Balaban J connectivity index is 1.43. The third-order valence-electron chi connectivity index (χ3n) is 5.51. The normalized spacial score (nSPS) is 13.7. The molecule has 0 fully saturated rings. The Bertz CT molecular complexity index is 1120. The number of fused-ring (bicyclic) bond motifs is 1.